The maximum Gasteiger partial charge on any atom is 0.318 e. The number of phenolic OH excluding ortho intramolecular Hbond substituents is 2. The van der Waals surface area contributed by atoms with E-state index < -0.39 is 18.2 Å². The van der Waals surface area contributed by atoms with Crippen molar-refractivity contribution in [3.8, 4) is 34.8 Å². The lowest BCUT2D eigenvalue weighted by Gasteiger charge is -2.44. The average Bonchev–Trinajstić information content (AvgIpc) is 3.78. The highest BCUT2D eigenvalue weighted by molar-refractivity contribution is 5.94. The van der Waals surface area contributed by atoms with Gasteiger partial charge in [-0.3, -0.25) is 9.59 Å². The predicted molar refractivity (Wildman–Crippen MR) is 215 cm³/mol. The Labute approximate surface area is 332 Å². The molecule has 5 atom stereocenters. The van der Waals surface area contributed by atoms with Gasteiger partial charge in [-0.15, -0.1) is 0 Å². The minimum atomic E-state index is -1.26. The van der Waals surface area contributed by atoms with Gasteiger partial charge in [0, 0.05) is 42.2 Å². The number of methoxy groups -OCH3 is 1. The SMILES string of the molecule is COc1cc2c(cc1O)C1=CC3CC4(CCCC4)CCC3C2CC(=O)CC(C(O)Cc2ccc(O)c(OCCO)c2)OC(=O)CC#CCc2c1[nH]c1ccccc21. The molecule has 2 fully saturated rings. The average molecular weight is 774 g/mol. The van der Waals surface area contributed by atoms with Crippen molar-refractivity contribution in [3.05, 3.63) is 88.6 Å². The molecule has 1 aromatic heterocycles. The molecule has 10 heteroatoms. The van der Waals surface area contributed by atoms with Gasteiger partial charge in [0.1, 0.15) is 24.9 Å². The first-order valence-corrected chi connectivity index (χ1v) is 20.3. The number of aromatic hydroxyl groups is 2. The molecule has 3 aliphatic carbocycles. The number of ether oxygens (including phenoxy) is 3. The first-order chi connectivity index (χ1) is 27.6. The molecule has 0 amide bonds. The van der Waals surface area contributed by atoms with Crippen LogP contribution in [0.15, 0.2) is 60.7 Å². The number of esters is 1. The zero-order valence-electron chi connectivity index (χ0n) is 32.4. The van der Waals surface area contributed by atoms with Gasteiger partial charge in [-0.05, 0) is 108 Å². The molecule has 4 aromatic rings. The Morgan fingerprint density at radius 1 is 0.965 bits per heavy atom. The van der Waals surface area contributed by atoms with Gasteiger partial charge in [0.25, 0.3) is 0 Å². The second-order valence-electron chi connectivity index (χ2n) is 16.4. The minimum Gasteiger partial charge on any atom is -0.504 e. The summed E-state index contributed by atoms with van der Waals surface area (Å²) in [6.45, 7) is -0.260. The van der Waals surface area contributed by atoms with Crippen molar-refractivity contribution in [2.45, 2.75) is 95.2 Å². The zero-order chi connectivity index (χ0) is 39.7. The van der Waals surface area contributed by atoms with Crippen molar-refractivity contribution < 1.29 is 44.2 Å². The molecule has 2 bridgehead atoms. The van der Waals surface area contributed by atoms with Crippen LogP contribution in [0, 0.1) is 29.1 Å². The number of allylic oxidation sites excluding steroid dienone is 1. The number of aromatic nitrogens is 1. The predicted octanol–water partition coefficient (Wildman–Crippen LogP) is 7.28. The van der Waals surface area contributed by atoms with Gasteiger partial charge in [0.2, 0.25) is 0 Å². The molecule has 0 radical (unpaired) electrons. The number of cyclic esters (lactones) is 1. The molecule has 2 heterocycles. The molecule has 10 nitrogen and oxygen atoms in total. The van der Waals surface area contributed by atoms with Gasteiger partial charge in [-0.1, -0.05) is 55.0 Å². The van der Waals surface area contributed by atoms with Crippen molar-refractivity contribution in [2.75, 3.05) is 20.3 Å². The number of H-pyrrole nitrogens is 1. The minimum absolute atomic E-state index is 0.0127. The van der Waals surface area contributed by atoms with E-state index in [1.54, 1.807) is 18.2 Å². The molecule has 8 rings (SSSR count). The third kappa shape index (κ3) is 7.88. The van der Waals surface area contributed by atoms with Crippen LogP contribution >= 0.6 is 0 Å². The summed E-state index contributed by atoms with van der Waals surface area (Å²) in [6.07, 6.45) is 8.02. The van der Waals surface area contributed by atoms with Crippen molar-refractivity contribution in [3.63, 3.8) is 0 Å². The zero-order valence-corrected chi connectivity index (χ0v) is 32.4. The van der Waals surface area contributed by atoms with Crippen LogP contribution in [0.2, 0.25) is 0 Å². The lowest BCUT2D eigenvalue weighted by atomic mass is 9.60. The van der Waals surface area contributed by atoms with Crippen LogP contribution in [0.4, 0.5) is 0 Å². The summed E-state index contributed by atoms with van der Waals surface area (Å²) in [4.78, 5) is 31.6. The number of aliphatic hydroxyl groups is 2. The lowest BCUT2D eigenvalue weighted by Crippen LogP contribution is -2.37. The van der Waals surface area contributed by atoms with Crippen molar-refractivity contribution >= 4 is 28.2 Å². The fraction of sp³-hybridized carbons (Fsp3) is 0.447. The highest BCUT2D eigenvalue weighted by Gasteiger charge is 2.47. The summed E-state index contributed by atoms with van der Waals surface area (Å²) in [6, 6.07) is 16.4. The van der Waals surface area contributed by atoms with E-state index in [0.717, 1.165) is 58.1 Å². The highest BCUT2D eigenvalue weighted by atomic mass is 16.6. The second-order valence-corrected chi connectivity index (χ2v) is 16.4. The number of fused-ring (bicyclic) bond motifs is 6. The molecule has 298 valence electrons. The first kappa shape index (κ1) is 38.6. The number of aromatic amines is 1. The molecule has 2 saturated carbocycles. The van der Waals surface area contributed by atoms with E-state index in [-0.39, 0.29) is 85.1 Å². The standard InChI is InChI=1S/C47H51NO9/c1-55-42-26-36-34-23-30(50)24-44(40(52)20-28-12-13-39(51)43(21-28)56-19-18-49)57-45(54)11-5-3-9-33-32-8-2-4-10-38(32)48-46(33)37(35(36)25-41(42)53)22-29-27-47(15-6-7-16-47)17-14-31(29)34/h2,4,8,10,12-13,21-22,25-26,29,31,34,40,44,48-49,51-53H,6-7,9,11,14-20,23-24,27H2,1H3. The number of ketones is 1. The van der Waals surface area contributed by atoms with Crippen LogP contribution in [0.1, 0.15) is 98.1 Å². The van der Waals surface area contributed by atoms with E-state index >= 15 is 0 Å². The Morgan fingerprint density at radius 2 is 1.77 bits per heavy atom. The van der Waals surface area contributed by atoms with E-state index in [4.69, 9.17) is 14.2 Å². The van der Waals surface area contributed by atoms with E-state index in [0.29, 0.717) is 17.7 Å². The Bertz CT molecular complexity index is 2250. The number of hydrogen-bond donors (Lipinski definition) is 5. The number of hydrogen-bond acceptors (Lipinski definition) is 9. The number of para-hydroxylation sites is 1. The second kappa shape index (κ2) is 16.3. The Kier molecular flexibility index (Phi) is 11.1. The molecule has 1 spiro atoms. The van der Waals surface area contributed by atoms with Crippen molar-refractivity contribution in [1.82, 2.24) is 4.98 Å². The number of carbonyl (C=O) groups excluding carboxylic acids is 2. The van der Waals surface area contributed by atoms with Crippen LogP contribution in [0.3, 0.4) is 0 Å². The maximum atomic E-state index is 14.5. The molecular formula is C47H51NO9. The fourth-order valence-electron chi connectivity index (χ4n) is 10.3. The number of benzene rings is 3. The fourth-order valence-corrected chi connectivity index (χ4v) is 10.3. The van der Waals surface area contributed by atoms with Crippen LogP contribution < -0.4 is 9.47 Å². The van der Waals surface area contributed by atoms with E-state index in [1.807, 2.05) is 24.3 Å². The van der Waals surface area contributed by atoms with Crippen LogP contribution in [-0.4, -0.2) is 69.7 Å². The van der Waals surface area contributed by atoms with Crippen LogP contribution in [0.25, 0.3) is 16.5 Å². The Hall–Kier alpha value is -5.24. The number of aliphatic hydroxyl groups excluding tert-OH is 2. The highest BCUT2D eigenvalue weighted by Crippen LogP contribution is 2.58. The van der Waals surface area contributed by atoms with Crippen LogP contribution in [-0.2, 0) is 27.2 Å². The first-order valence-electron chi connectivity index (χ1n) is 20.3. The molecule has 1 aliphatic heterocycles. The quantitative estimate of drug-likeness (QED) is 0.0962. The van der Waals surface area contributed by atoms with Gasteiger partial charge in [0.05, 0.1) is 25.5 Å². The molecular weight excluding hydrogens is 723 g/mol. The van der Waals surface area contributed by atoms with Gasteiger partial charge < -0.3 is 39.6 Å². The van der Waals surface area contributed by atoms with Gasteiger partial charge in [0.15, 0.2) is 23.0 Å². The molecule has 5 unspecified atom stereocenters. The summed E-state index contributed by atoms with van der Waals surface area (Å²) in [5, 5.41) is 43.5. The summed E-state index contributed by atoms with van der Waals surface area (Å²) in [5.41, 5.74) is 6.49. The molecule has 4 aliphatic rings. The van der Waals surface area contributed by atoms with E-state index in [1.165, 1.54) is 38.9 Å². The number of rotatable bonds is 7. The number of nitrogens with one attached hydrogen (secondary N) is 1. The number of Topliss-reactive ketones (excluding diaryl/α,β-unsaturated/α-hetero) is 1. The normalized spacial score (nSPS) is 23.7. The summed E-state index contributed by atoms with van der Waals surface area (Å²) in [5.74, 6) is 5.86. The van der Waals surface area contributed by atoms with Gasteiger partial charge in [-0.2, -0.15) is 0 Å². The Balaban J connectivity index is 1.24. The summed E-state index contributed by atoms with van der Waals surface area (Å²) >= 11 is 0. The molecule has 0 saturated heterocycles. The molecule has 5 N–H and O–H groups in total. The van der Waals surface area contributed by atoms with Crippen molar-refractivity contribution in [1.29, 1.82) is 0 Å². The lowest BCUT2D eigenvalue weighted by molar-refractivity contribution is -0.155. The number of phenols is 2. The smallest absolute Gasteiger partial charge is 0.318 e. The largest absolute Gasteiger partial charge is 0.504 e. The van der Waals surface area contributed by atoms with Gasteiger partial charge >= 0.3 is 5.97 Å². The van der Waals surface area contributed by atoms with Gasteiger partial charge in [-0.25, -0.2) is 0 Å². The topological polar surface area (TPSA) is 159 Å². The Morgan fingerprint density at radius 3 is 2.58 bits per heavy atom. The molecule has 3 aromatic carbocycles. The third-order valence-corrected chi connectivity index (χ3v) is 12.9. The maximum absolute atomic E-state index is 14.5. The van der Waals surface area contributed by atoms with Crippen molar-refractivity contribution in [2.24, 2.45) is 17.3 Å². The number of carbonyl (C=O) groups is 2. The molecule has 57 heavy (non-hydrogen) atoms. The third-order valence-electron chi connectivity index (χ3n) is 12.9. The van der Waals surface area contributed by atoms with E-state index in [2.05, 4.69) is 29.0 Å². The summed E-state index contributed by atoms with van der Waals surface area (Å²) < 4.78 is 17.1. The van der Waals surface area contributed by atoms with Crippen LogP contribution in [0.5, 0.6) is 23.0 Å². The monoisotopic (exact) mass is 773 g/mol. The van der Waals surface area contributed by atoms with E-state index in [9.17, 15) is 30.0 Å². The summed E-state index contributed by atoms with van der Waals surface area (Å²) in [7, 11) is 1.53.